The number of rotatable bonds is 5. The summed E-state index contributed by atoms with van der Waals surface area (Å²) in [6.07, 6.45) is 3.59. The van der Waals surface area contributed by atoms with Crippen LogP contribution in [0.1, 0.15) is 0 Å². The molecule has 3 aromatic heterocycles. The van der Waals surface area contributed by atoms with E-state index in [1.807, 2.05) is 36.4 Å². The van der Waals surface area contributed by atoms with E-state index >= 15 is 0 Å². The van der Waals surface area contributed by atoms with Gasteiger partial charge in [0.05, 0.1) is 22.8 Å². The summed E-state index contributed by atoms with van der Waals surface area (Å²) >= 11 is 3.50. The Hall–Kier alpha value is -4.41. The summed E-state index contributed by atoms with van der Waals surface area (Å²) in [5, 5.41) is 0. The van der Waals surface area contributed by atoms with Gasteiger partial charge in [0.25, 0.3) is 0 Å². The molecule has 0 bridgehead atoms. The Balaban J connectivity index is 1.33. The van der Waals surface area contributed by atoms with E-state index in [0.29, 0.717) is 0 Å². The van der Waals surface area contributed by atoms with E-state index in [9.17, 15) is 0 Å². The van der Waals surface area contributed by atoms with E-state index in [1.54, 1.807) is 12.4 Å². The van der Waals surface area contributed by atoms with E-state index in [1.165, 1.54) is 22.3 Å². The van der Waals surface area contributed by atoms with Crippen LogP contribution in [0.25, 0.3) is 56.2 Å². The van der Waals surface area contributed by atoms with Crippen LogP contribution in [-0.2, 0) is 0 Å². The first-order chi connectivity index (χ1) is 18.2. The van der Waals surface area contributed by atoms with Gasteiger partial charge in [-0.3, -0.25) is 9.97 Å². The normalized spacial score (nSPS) is 10.8. The maximum atomic E-state index is 4.87. The van der Waals surface area contributed by atoms with Gasteiger partial charge in [-0.05, 0) is 81.9 Å². The first kappa shape index (κ1) is 23.0. The zero-order valence-corrected chi connectivity index (χ0v) is 21.5. The van der Waals surface area contributed by atoms with Crippen molar-refractivity contribution in [3.8, 4) is 56.2 Å². The van der Waals surface area contributed by atoms with E-state index in [4.69, 9.17) is 4.98 Å². The quantitative estimate of drug-likeness (QED) is 0.219. The minimum atomic E-state index is 0.825. The van der Waals surface area contributed by atoms with Crippen molar-refractivity contribution < 1.29 is 0 Å². The van der Waals surface area contributed by atoms with Gasteiger partial charge in [0.2, 0.25) is 0 Å². The maximum absolute atomic E-state index is 4.87. The first-order valence-corrected chi connectivity index (χ1v) is 12.8. The molecular weight excluding hydrogens is 518 g/mol. The molecule has 0 aliphatic heterocycles. The Kier molecular flexibility index (Phi) is 6.40. The van der Waals surface area contributed by atoms with Gasteiger partial charge in [-0.15, -0.1) is 0 Å². The van der Waals surface area contributed by atoms with Crippen molar-refractivity contribution in [1.82, 2.24) is 15.0 Å². The fourth-order valence-corrected chi connectivity index (χ4v) is 4.61. The molecule has 0 aliphatic rings. The van der Waals surface area contributed by atoms with Crippen LogP contribution in [0.2, 0.25) is 0 Å². The Morgan fingerprint density at radius 1 is 0.378 bits per heavy atom. The molecule has 0 amide bonds. The lowest BCUT2D eigenvalue weighted by molar-refractivity contribution is 1.22. The molecule has 0 saturated heterocycles. The third-order valence-corrected chi connectivity index (χ3v) is 6.82. The van der Waals surface area contributed by atoms with Crippen molar-refractivity contribution in [1.29, 1.82) is 0 Å². The van der Waals surface area contributed by atoms with Gasteiger partial charge in [-0.25, -0.2) is 4.98 Å². The smallest absolute Gasteiger partial charge is 0.0900 e. The second-order valence-corrected chi connectivity index (χ2v) is 9.63. The highest BCUT2D eigenvalue weighted by atomic mass is 79.9. The lowest BCUT2D eigenvalue weighted by Gasteiger charge is -2.10. The number of hydrogen-bond acceptors (Lipinski definition) is 3. The Morgan fingerprint density at radius 2 is 0.757 bits per heavy atom. The van der Waals surface area contributed by atoms with Gasteiger partial charge in [0, 0.05) is 16.9 Å². The third-order valence-electron chi connectivity index (χ3n) is 6.29. The largest absolute Gasteiger partial charge is 0.255 e. The third kappa shape index (κ3) is 5.11. The van der Waals surface area contributed by atoms with Gasteiger partial charge in [-0.1, -0.05) is 88.7 Å². The lowest BCUT2D eigenvalue weighted by atomic mass is 9.97. The van der Waals surface area contributed by atoms with Crippen LogP contribution in [0.3, 0.4) is 0 Å². The van der Waals surface area contributed by atoms with Crippen molar-refractivity contribution in [3.63, 3.8) is 0 Å². The van der Waals surface area contributed by atoms with E-state index in [-0.39, 0.29) is 0 Å². The minimum absolute atomic E-state index is 0.825. The molecule has 0 atom stereocenters. The van der Waals surface area contributed by atoms with E-state index in [0.717, 1.165) is 38.4 Å². The molecule has 37 heavy (non-hydrogen) atoms. The molecule has 176 valence electrons. The summed E-state index contributed by atoms with van der Waals surface area (Å²) in [6.45, 7) is 0. The number of hydrogen-bond donors (Lipinski definition) is 0. The second kappa shape index (κ2) is 10.3. The summed E-state index contributed by atoms with van der Waals surface area (Å²) in [5.41, 5.74) is 10.3. The van der Waals surface area contributed by atoms with Crippen molar-refractivity contribution in [2.24, 2.45) is 0 Å². The predicted molar refractivity (Wildman–Crippen MR) is 155 cm³/mol. The van der Waals surface area contributed by atoms with Crippen molar-refractivity contribution in [2.45, 2.75) is 0 Å². The van der Waals surface area contributed by atoms with Crippen LogP contribution in [0.15, 0.2) is 138 Å². The number of benzene rings is 3. The SMILES string of the molecule is Brc1ccc(-c2ccc(-c3ccc(-c4cc(-c5ccccn5)nc(-c5ccccn5)c4)cc3)cc2)cc1. The Labute approximate surface area is 224 Å². The van der Waals surface area contributed by atoms with Crippen LogP contribution in [0, 0.1) is 0 Å². The first-order valence-electron chi connectivity index (χ1n) is 12.0. The molecule has 4 heteroatoms. The topological polar surface area (TPSA) is 38.7 Å². The monoisotopic (exact) mass is 539 g/mol. The summed E-state index contributed by atoms with van der Waals surface area (Å²) < 4.78 is 1.08. The highest BCUT2D eigenvalue weighted by Crippen LogP contribution is 2.31. The number of nitrogens with zero attached hydrogens (tertiary/aromatic N) is 3. The Bertz CT molecular complexity index is 1570. The summed E-state index contributed by atoms with van der Waals surface area (Å²) in [5.74, 6) is 0. The number of pyridine rings is 3. The predicted octanol–water partition coefficient (Wildman–Crippen LogP) is 8.97. The van der Waals surface area contributed by atoms with E-state index in [2.05, 4.69) is 111 Å². The lowest BCUT2D eigenvalue weighted by Crippen LogP contribution is -1.93. The molecule has 0 fully saturated rings. The van der Waals surface area contributed by atoms with Crippen LogP contribution >= 0.6 is 15.9 Å². The Morgan fingerprint density at radius 3 is 1.14 bits per heavy atom. The molecule has 0 spiro atoms. The average molecular weight is 540 g/mol. The minimum Gasteiger partial charge on any atom is -0.255 e. The molecule has 0 unspecified atom stereocenters. The zero-order valence-electron chi connectivity index (χ0n) is 19.9. The number of aromatic nitrogens is 3. The van der Waals surface area contributed by atoms with Crippen molar-refractivity contribution in [2.75, 3.05) is 0 Å². The van der Waals surface area contributed by atoms with Gasteiger partial charge < -0.3 is 0 Å². The molecule has 6 rings (SSSR count). The van der Waals surface area contributed by atoms with Crippen molar-refractivity contribution in [3.05, 3.63) is 138 Å². The zero-order chi connectivity index (χ0) is 25.0. The molecule has 6 aromatic rings. The highest BCUT2D eigenvalue weighted by molar-refractivity contribution is 9.10. The molecular formula is C33H22BrN3. The molecule has 0 saturated carbocycles. The molecule has 0 aliphatic carbocycles. The van der Waals surface area contributed by atoms with Crippen LogP contribution in [-0.4, -0.2) is 15.0 Å². The average Bonchev–Trinajstić information content (AvgIpc) is 2.98. The molecule has 3 aromatic carbocycles. The summed E-state index contributed by atoms with van der Waals surface area (Å²) in [6, 6.07) is 41.7. The summed E-state index contributed by atoms with van der Waals surface area (Å²) in [7, 11) is 0. The van der Waals surface area contributed by atoms with Gasteiger partial charge in [0.15, 0.2) is 0 Å². The maximum Gasteiger partial charge on any atom is 0.0900 e. The molecule has 0 radical (unpaired) electrons. The molecule has 0 N–H and O–H groups in total. The van der Waals surface area contributed by atoms with Gasteiger partial charge in [-0.2, -0.15) is 0 Å². The fraction of sp³-hybridized carbons (Fsp3) is 0. The highest BCUT2D eigenvalue weighted by Gasteiger charge is 2.11. The van der Waals surface area contributed by atoms with Crippen molar-refractivity contribution >= 4 is 15.9 Å². The van der Waals surface area contributed by atoms with Gasteiger partial charge >= 0.3 is 0 Å². The van der Waals surface area contributed by atoms with E-state index < -0.39 is 0 Å². The fourth-order valence-electron chi connectivity index (χ4n) is 4.34. The summed E-state index contributed by atoms with van der Waals surface area (Å²) in [4.78, 5) is 13.9. The molecule has 3 heterocycles. The standard InChI is InChI=1S/C33H22BrN3/c34-29-17-15-26(16-18-29)25-9-7-23(8-10-25)24-11-13-27(14-12-24)28-21-32(30-5-1-3-19-35-30)37-33(22-28)31-6-2-4-20-36-31/h1-22H. The van der Waals surface area contributed by atoms with Crippen LogP contribution < -0.4 is 0 Å². The second-order valence-electron chi connectivity index (χ2n) is 8.72. The van der Waals surface area contributed by atoms with Crippen LogP contribution in [0.5, 0.6) is 0 Å². The van der Waals surface area contributed by atoms with Gasteiger partial charge in [0.1, 0.15) is 0 Å². The molecule has 3 nitrogen and oxygen atoms in total. The number of halogens is 1. The van der Waals surface area contributed by atoms with Crippen LogP contribution in [0.4, 0.5) is 0 Å².